The van der Waals surface area contributed by atoms with Crippen molar-refractivity contribution in [2.24, 2.45) is 0 Å². The van der Waals surface area contributed by atoms with Crippen LogP contribution in [0, 0.1) is 6.92 Å². The van der Waals surface area contributed by atoms with E-state index in [1.165, 1.54) is 0 Å². The second kappa shape index (κ2) is 4.98. The molecular formula is C15H13ClN4. The van der Waals surface area contributed by atoms with Crippen LogP contribution in [0.5, 0.6) is 0 Å². The van der Waals surface area contributed by atoms with E-state index in [2.05, 4.69) is 10.3 Å². The Kier molecular flexibility index (Phi) is 3.16. The summed E-state index contributed by atoms with van der Waals surface area (Å²) in [5.41, 5.74) is 10.1. The van der Waals surface area contributed by atoms with Crippen molar-refractivity contribution in [1.29, 1.82) is 0 Å². The molecule has 5 heteroatoms. The first-order valence-corrected chi connectivity index (χ1v) is 6.56. The molecule has 3 rings (SSSR count). The van der Waals surface area contributed by atoms with Crippen molar-refractivity contribution in [2.75, 3.05) is 5.73 Å². The molecule has 0 fully saturated rings. The van der Waals surface area contributed by atoms with Crippen LogP contribution in [0.3, 0.4) is 0 Å². The highest BCUT2D eigenvalue weighted by atomic mass is 35.5. The van der Waals surface area contributed by atoms with Gasteiger partial charge in [-0.25, -0.2) is 4.68 Å². The number of nitrogens with zero attached hydrogens (tertiary/aromatic N) is 3. The maximum Gasteiger partial charge on any atom is 0.113 e. The van der Waals surface area contributed by atoms with Gasteiger partial charge in [-0.2, -0.15) is 0 Å². The van der Waals surface area contributed by atoms with Gasteiger partial charge in [-0.1, -0.05) is 22.9 Å². The van der Waals surface area contributed by atoms with E-state index in [1.807, 2.05) is 55.6 Å². The Hall–Kier alpha value is -2.33. The second-order valence-electron chi connectivity index (χ2n) is 4.60. The third-order valence-electron chi connectivity index (χ3n) is 3.10. The van der Waals surface area contributed by atoms with Gasteiger partial charge < -0.3 is 5.73 Å². The summed E-state index contributed by atoms with van der Waals surface area (Å²) in [4.78, 5) is 0. The lowest BCUT2D eigenvalue weighted by Crippen LogP contribution is -1.95. The van der Waals surface area contributed by atoms with Gasteiger partial charge in [0, 0.05) is 16.3 Å². The first-order chi connectivity index (χ1) is 9.63. The number of anilines is 1. The number of benzene rings is 2. The van der Waals surface area contributed by atoms with E-state index in [9.17, 15) is 0 Å². The van der Waals surface area contributed by atoms with Crippen molar-refractivity contribution in [3.63, 3.8) is 0 Å². The molecule has 0 unspecified atom stereocenters. The van der Waals surface area contributed by atoms with Gasteiger partial charge in [0.25, 0.3) is 0 Å². The molecular weight excluding hydrogens is 272 g/mol. The number of rotatable bonds is 2. The summed E-state index contributed by atoms with van der Waals surface area (Å²) in [6, 6.07) is 13.3. The summed E-state index contributed by atoms with van der Waals surface area (Å²) in [7, 11) is 0. The largest absolute Gasteiger partial charge is 0.399 e. The zero-order chi connectivity index (χ0) is 14.1. The predicted octanol–water partition coefficient (Wildman–Crippen LogP) is 3.48. The van der Waals surface area contributed by atoms with Crippen LogP contribution in [0.25, 0.3) is 16.9 Å². The molecule has 100 valence electrons. The third kappa shape index (κ3) is 2.38. The normalized spacial score (nSPS) is 10.7. The summed E-state index contributed by atoms with van der Waals surface area (Å²) in [5.74, 6) is 0. The average Bonchev–Trinajstić information content (AvgIpc) is 2.92. The molecule has 2 N–H and O–H groups in total. The fourth-order valence-electron chi connectivity index (χ4n) is 1.95. The van der Waals surface area contributed by atoms with E-state index in [4.69, 9.17) is 17.3 Å². The zero-order valence-corrected chi connectivity index (χ0v) is 11.7. The first-order valence-electron chi connectivity index (χ1n) is 6.18. The number of hydrogen-bond acceptors (Lipinski definition) is 3. The highest BCUT2D eigenvalue weighted by Gasteiger charge is 2.06. The molecule has 0 saturated carbocycles. The molecule has 1 heterocycles. The molecule has 3 aromatic rings. The van der Waals surface area contributed by atoms with Crippen molar-refractivity contribution in [3.8, 4) is 16.9 Å². The van der Waals surface area contributed by atoms with Crippen molar-refractivity contribution in [1.82, 2.24) is 15.0 Å². The molecule has 0 amide bonds. The maximum atomic E-state index is 6.03. The Labute approximate surface area is 121 Å². The number of nitrogens with two attached hydrogens (primary N) is 1. The molecule has 20 heavy (non-hydrogen) atoms. The van der Waals surface area contributed by atoms with Crippen LogP contribution in [0.2, 0.25) is 5.02 Å². The molecule has 0 bridgehead atoms. The Morgan fingerprint density at radius 1 is 1.10 bits per heavy atom. The van der Waals surface area contributed by atoms with E-state index in [0.717, 1.165) is 33.2 Å². The number of halogens is 1. The minimum absolute atomic E-state index is 0.724. The van der Waals surface area contributed by atoms with Gasteiger partial charge in [-0.15, -0.1) is 5.10 Å². The van der Waals surface area contributed by atoms with Crippen LogP contribution in [0.4, 0.5) is 5.69 Å². The highest BCUT2D eigenvalue weighted by Crippen LogP contribution is 2.23. The minimum atomic E-state index is 0.724. The Morgan fingerprint density at radius 3 is 2.55 bits per heavy atom. The van der Waals surface area contributed by atoms with Crippen LogP contribution in [-0.4, -0.2) is 15.0 Å². The SMILES string of the molecule is Cc1cc(-c2cn(-c3ccc(N)cc3)nn2)ccc1Cl. The number of nitrogen functional groups attached to an aromatic ring is 1. The van der Waals surface area contributed by atoms with E-state index < -0.39 is 0 Å². The van der Waals surface area contributed by atoms with Crippen molar-refractivity contribution in [2.45, 2.75) is 6.92 Å². The number of aryl methyl sites for hydroxylation is 1. The van der Waals surface area contributed by atoms with E-state index in [1.54, 1.807) is 4.68 Å². The Morgan fingerprint density at radius 2 is 1.85 bits per heavy atom. The van der Waals surface area contributed by atoms with Crippen molar-refractivity contribution >= 4 is 17.3 Å². The summed E-state index contributed by atoms with van der Waals surface area (Å²) in [6.07, 6.45) is 1.88. The van der Waals surface area contributed by atoms with Gasteiger partial charge in [0.15, 0.2) is 0 Å². The topological polar surface area (TPSA) is 56.7 Å². The van der Waals surface area contributed by atoms with Gasteiger partial charge in [-0.05, 0) is 48.9 Å². The predicted molar refractivity (Wildman–Crippen MR) is 81.0 cm³/mol. The lowest BCUT2D eigenvalue weighted by Gasteiger charge is -2.01. The van der Waals surface area contributed by atoms with E-state index in [-0.39, 0.29) is 0 Å². The van der Waals surface area contributed by atoms with Gasteiger partial charge in [0.05, 0.1) is 11.9 Å². The summed E-state index contributed by atoms with van der Waals surface area (Å²) in [5, 5.41) is 9.08. The third-order valence-corrected chi connectivity index (χ3v) is 3.53. The smallest absolute Gasteiger partial charge is 0.113 e. The standard InChI is InChI=1S/C15H13ClN4/c1-10-8-11(2-7-14(10)16)15-9-20(19-18-15)13-5-3-12(17)4-6-13/h2-9H,17H2,1H3. The maximum absolute atomic E-state index is 6.03. The summed E-state index contributed by atoms with van der Waals surface area (Å²) < 4.78 is 1.72. The lowest BCUT2D eigenvalue weighted by atomic mass is 10.1. The molecule has 0 aliphatic rings. The fourth-order valence-corrected chi connectivity index (χ4v) is 2.07. The van der Waals surface area contributed by atoms with E-state index >= 15 is 0 Å². The lowest BCUT2D eigenvalue weighted by molar-refractivity contribution is 0.804. The Bertz CT molecular complexity index is 747. The van der Waals surface area contributed by atoms with Crippen LogP contribution in [-0.2, 0) is 0 Å². The molecule has 0 radical (unpaired) electrons. The Balaban J connectivity index is 1.97. The fraction of sp³-hybridized carbons (Fsp3) is 0.0667. The summed E-state index contributed by atoms with van der Waals surface area (Å²) in [6.45, 7) is 1.97. The van der Waals surface area contributed by atoms with Gasteiger partial charge in [-0.3, -0.25) is 0 Å². The first kappa shape index (κ1) is 12.7. The van der Waals surface area contributed by atoms with Gasteiger partial charge in [0.2, 0.25) is 0 Å². The van der Waals surface area contributed by atoms with Gasteiger partial charge in [0.1, 0.15) is 5.69 Å². The van der Waals surface area contributed by atoms with Crippen LogP contribution >= 0.6 is 11.6 Å². The monoisotopic (exact) mass is 284 g/mol. The number of hydrogen-bond donors (Lipinski definition) is 1. The average molecular weight is 285 g/mol. The van der Waals surface area contributed by atoms with Crippen LogP contribution in [0.1, 0.15) is 5.56 Å². The molecule has 0 aliphatic carbocycles. The van der Waals surface area contributed by atoms with E-state index in [0.29, 0.717) is 0 Å². The molecule has 0 aliphatic heterocycles. The van der Waals surface area contributed by atoms with Crippen LogP contribution in [0.15, 0.2) is 48.7 Å². The molecule has 0 atom stereocenters. The molecule has 2 aromatic carbocycles. The number of aromatic nitrogens is 3. The second-order valence-corrected chi connectivity index (χ2v) is 5.01. The molecule has 0 saturated heterocycles. The molecule has 0 spiro atoms. The van der Waals surface area contributed by atoms with Gasteiger partial charge >= 0.3 is 0 Å². The zero-order valence-electron chi connectivity index (χ0n) is 10.9. The van der Waals surface area contributed by atoms with Crippen molar-refractivity contribution < 1.29 is 0 Å². The minimum Gasteiger partial charge on any atom is -0.399 e. The highest BCUT2D eigenvalue weighted by molar-refractivity contribution is 6.31. The summed E-state index contributed by atoms with van der Waals surface area (Å²) >= 11 is 6.03. The van der Waals surface area contributed by atoms with Crippen LogP contribution < -0.4 is 5.73 Å². The van der Waals surface area contributed by atoms with Crippen molar-refractivity contribution in [3.05, 3.63) is 59.2 Å². The quantitative estimate of drug-likeness (QED) is 0.733. The molecule has 4 nitrogen and oxygen atoms in total. The molecule has 1 aromatic heterocycles.